The minimum atomic E-state index is -4.35. The zero-order chi connectivity index (χ0) is 15.7. The van der Waals surface area contributed by atoms with E-state index in [1.807, 2.05) is 0 Å². The van der Waals surface area contributed by atoms with Crippen LogP contribution in [0.2, 0.25) is 0 Å². The standard InChI is InChI=1S/C16H17F3N2/c1-15(2,3)10-14-20-8-7-13(21-14)11-5-4-6-12(9-11)16(17,18)19/h4-9H,10H2,1-3H3. The van der Waals surface area contributed by atoms with Crippen LogP contribution in [0.3, 0.4) is 0 Å². The molecule has 1 aromatic carbocycles. The third kappa shape index (κ3) is 4.28. The van der Waals surface area contributed by atoms with E-state index in [4.69, 9.17) is 0 Å². The van der Waals surface area contributed by atoms with Crippen molar-refractivity contribution >= 4 is 0 Å². The van der Waals surface area contributed by atoms with Crippen molar-refractivity contribution in [3.63, 3.8) is 0 Å². The first-order valence-electron chi connectivity index (χ1n) is 6.65. The van der Waals surface area contributed by atoms with E-state index in [9.17, 15) is 13.2 Å². The van der Waals surface area contributed by atoms with Crippen molar-refractivity contribution in [2.24, 2.45) is 5.41 Å². The van der Waals surface area contributed by atoms with Crippen LogP contribution in [0.25, 0.3) is 11.3 Å². The highest BCUT2D eigenvalue weighted by Crippen LogP contribution is 2.31. The Morgan fingerprint density at radius 3 is 2.38 bits per heavy atom. The fraction of sp³-hybridized carbons (Fsp3) is 0.375. The summed E-state index contributed by atoms with van der Waals surface area (Å²) in [6.45, 7) is 6.19. The number of hydrogen-bond acceptors (Lipinski definition) is 2. The molecule has 0 aliphatic heterocycles. The lowest BCUT2D eigenvalue weighted by Crippen LogP contribution is -2.12. The second kappa shape index (κ2) is 5.47. The lowest BCUT2D eigenvalue weighted by atomic mass is 9.92. The molecular formula is C16H17F3N2. The highest BCUT2D eigenvalue weighted by atomic mass is 19.4. The van der Waals surface area contributed by atoms with Gasteiger partial charge in [-0.25, -0.2) is 9.97 Å². The number of aromatic nitrogens is 2. The number of rotatable bonds is 2. The SMILES string of the molecule is CC(C)(C)Cc1nccc(-c2cccc(C(F)(F)F)c2)n1. The topological polar surface area (TPSA) is 25.8 Å². The zero-order valence-corrected chi connectivity index (χ0v) is 12.2. The number of alkyl halides is 3. The molecule has 0 atom stereocenters. The summed E-state index contributed by atoms with van der Waals surface area (Å²) >= 11 is 0. The molecule has 0 bridgehead atoms. The molecule has 1 aromatic heterocycles. The van der Waals surface area contributed by atoms with Gasteiger partial charge in [0.2, 0.25) is 0 Å². The molecule has 0 N–H and O–H groups in total. The van der Waals surface area contributed by atoms with Gasteiger partial charge < -0.3 is 0 Å². The Morgan fingerprint density at radius 1 is 1.05 bits per heavy atom. The van der Waals surface area contributed by atoms with E-state index < -0.39 is 11.7 Å². The van der Waals surface area contributed by atoms with E-state index in [0.717, 1.165) is 12.1 Å². The fourth-order valence-corrected chi connectivity index (χ4v) is 1.97. The largest absolute Gasteiger partial charge is 0.416 e. The Balaban J connectivity index is 2.37. The Labute approximate surface area is 122 Å². The van der Waals surface area contributed by atoms with Crippen LogP contribution in [0, 0.1) is 5.41 Å². The normalized spacial score (nSPS) is 12.5. The van der Waals surface area contributed by atoms with E-state index >= 15 is 0 Å². The quantitative estimate of drug-likeness (QED) is 0.798. The molecule has 0 fully saturated rings. The number of hydrogen-bond donors (Lipinski definition) is 0. The molecule has 2 aromatic rings. The molecule has 0 aliphatic rings. The van der Waals surface area contributed by atoms with E-state index in [1.165, 1.54) is 6.07 Å². The van der Waals surface area contributed by atoms with E-state index in [1.54, 1.807) is 18.3 Å². The van der Waals surface area contributed by atoms with Crippen molar-refractivity contribution in [1.29, 1.82) is 0 Å². The van der Waals surface area contributed by atoms with Gasteiger partial charge in [-0.2, -0.15) is 13.2 Å². The highest BCUT2D eigenvalue weighted by Gasteiger charge is 2.30. The molecule has 1 heterocycles. The Kier molecular flexibility index (Phi) is 4.03. The van der Waals surface area contributed by atoms with Crippen molar-refractivity contribution in [2.75, 3.05) is 0 Å². The lowest BCUT2D eigenvalue weighted by Gasteiger charge is -2.17. The van der Waals surface area contributed by atoms with Gasteiger partial charge in [-0.1, -0.05) is 32.9 Å². The molecule has 5 heteroatoms. The monoisotopic (exact) mass is 294 g/mol. The molecule has 21 heavy (non-hydrogen) atoms. The van der Waals surface area contributed by atoms with Crippen molar-refractivity contribution in [2.45, 2.75) is 33.4 Å². The number of benzene rings is 1. The van der Waals surface area contributed by atoms with Crippen LogP contribution in [-0.2, 0) is 12.6 Å². The van der Waals surface area contributed by atoms with Crippen molar-refractivity contribution in [3.8, 4) is 11.3 Å². The first-order valence-corrected chi connectivity index (χ1v) is 6.65. The van der Waals surface area contributed by atoms with Gasteiger partial charge in [0.25, 0.3) is 0 Å². The van der Waals surface area contributed by atoms with Gasteiger partial charge in [0, 0.05) is 18.2 Å². The summed E-state index contributed by atoms with van der Waals surface area (Å²) in [5.74, 6) is 0.636. The summed E-state index contributed by atoms with van der Waals surface area (Å²) in [6, 6.07) is 6.81. The molecule has 0 saturated carbocycles. The highest BCUT2D eigenvalue weighted by molar-refractivity contribution is 5.59. The van der Waals surface area contributed by atoms with Gasteiger partial charge in [0.05, 0.1) is 11.3 Å². The summed E-state index contributed by atoms with van der Waals surface area (Å²) in [5.41, 5.74) is 0.306. The van der Waals surface area contributed by atoms with Crippen molar-refractivity contribution in [1.82, 2.24) is 9.97 Å². The molecule has 2 nitrogen and oxygen atoms in total. The summed E-state index contributed by atoms with van der Waals surface area (Å²) in [5, 5.41) is 0. The van der Waals surface area contributed by atoms with Gasteiger partial charge >= 0.3 is 6.18 Å². The average molecular weight is 294 g/mol. The fourth-order valence-electron chi connectivity index (χ4n) is 1.97. The van der Waals surface area contributed by atoms with Crippen LogP contribution in [0.5, 0.6) is 0 Å². The van der Waals surface area contributed by atoms with Gasteiger partial charge in [0.1, 0.15) is 5.82 Å². The average Bonchev–Trinajstić information content (AvgIpc) is 2.36. The third-order valence-electron chi connectivity index (χ3n) is 2.88. The lowest BCUT2D eigenvalue weighted by molar-refractivity contribution is -0.137. The molecule has 0 saturated heterocycles. The summed E-state index contributed by atoms with van der Waals surface area (Å²) in [4.78, 5) is 8.56. The molecule has 0 spiro atoms. The molecule has 0 radical (unpaired) electrons. The number of halogens is 3. The summed E-state index contributed by atoms with van der Waals surface area (Å²) in [6.07, 6.45) is -2.10. The summed E-state index contributed by atoms with van der Waals surface area (Å²) in [7, 11) is 0. The first-order chi connectivity index (χ1) is 9.65. The van der Waals surface area contributed by atoms with Crippen molar-refractivity contribution in [3.05, 3.63) is 47.9 Å². The third-order valence-corrected chi connectivity index (χ3v) is 2.88. The van der Waals surface area contributed by atoms with E-state index in [0.29, 0.717) is 23.5 Å². The van der Waals surface area contributed by atoms with E-state index in [2.05, 4.69) is 30.7 Å². The summed E-state index contributed by atoms with van der Waals surface area (Å²) < 4.78 is 38.3. The molecular weight excluding hydrogens is 277 g/mol. The van der Waals surface area contributed by atoms with Gasteiger partial charge in [-0.15, -0.1) is 0 Å². The first kappa shape index (κ1) is 15.5. The molecule has 0 aliphatic carbocycles. The predicted molar refractivity (Wildman–Crippen MR) is 75.6 cm³/mol. The van der Waals surface area contributed by atoms with Gasteiger partial charge in [-0.3, -0.25) is 0 Å². The Hall–Kier alpha value is -1.91. The van der Waals surface area contributed by atoms with Crippen molar-refractivity contribution < 1.29 is 13.2 Å². The van der Waals surface area contributed by atoms with Gasteiger partial charge in [-0.05, 0) is 23.6 Å². The second-order valence-corrected chi connectivity index (χ2v) is 6.17. The second-order valence-electron chi connectivity index (χ2n) is 6.17. The van der Waals surface area contributed by atoms with Crippen LogP contribution in [0.4, 0.5) is 13.2 Å². The van der Waals surface area contributed by atoms with Gasteiger partial charge in [0.15, 0.2) is 0 Å². The zero-order valence-electron chi connectivity index (χ0n) is 12.2. The molecule has 2 rings (SSSR count). The van der Waals surface area contributed by atoms with Crippen LogP contribution >= 0.6 is 0 Å². The van der Waals surface area contributed by atoms with Crippen LogP contribution in [-0.4, -0.2) is 9.97 Å². The minimum Gasteiger partial charge on any atom is -0.241 e. The van der Waals surface area contributed by atoms with Crippen LogP contribution in [0.1, 0.15) is 32.2 Å². The minimum absolute atomic E-state index is 0.0203. The van der Waals surface area contributed by atoms with E-state index in [-0.39, 0.29) is 5.41 Å². The Morgan fingerprint density at radius 2 is 1.76 bits per heavy atom. The number of nitrogens with zero attached hydrogens (tertiary/aromatic N) is 2. The predicted octanol–water partition coefficient (Wildman–Crippen LogP) is 4.75. The maximum absolute atomic E-state index is 12.8. The molecule has 0 amide bonds. The van der Waals surface area contributed by atoms with Crippen LogP contribution < -0.4 is 0 Å². The maximum Gasteiger partial charge on any atom is 0.416 e. The van der Waals surface area contributed by atoms with Crippen LogP contribution in [0.15, 0.2) is 36.5 Å². The maximum atomic E-state index is 12.8. The Bertz CT molecular complexity index is 628. The molecule has 0 unspecified atom stereocenters. The smallest absolute Gasteiger partial charge is 0.241 e. The molecule has 112 valence electrons.